The first-order valence-corrected chi connectivity index (χ1v) is 8.68. The van der Waals surface area contributed by atoms with Crippen molar-refractivity contribution < 1.29 is 14.3 Å². The van der Waals surface area contributed by atoms with Crippen LogP contribution in [0.4, 0.5) is 9.93 Å². The van der Waals surface area contributed by atoms with Gasteiger partial charge >= 0.3 is 6.09 Å². The molecular formula is C16H30N4O3S. The number of carbonyl (C=O) groups excluding carboxylic acids is 1. The Balaban J connectivity index is 2.55. The molecule has 8 heteroatoms. The molecule has 0 atom stereocenters. The first kappa shape index (κ1) is 20.5. The van der Waals surface area contributed by atoms with E-state index >= 15 is 0 Å². The van der Waals surface area contributed by atoms with Gasteiger partial charge in [-0.1, -0.05) is 11.3 Å². The highest BCUT2D eigenvalue weighted by molar-refractivity contribution is 7.15. The second-order valence-corrected chi connectivity index (χ2v) is 8.50. The molecule has 0 unspecified atom stereocenters. The van der Waals surface area contributed by atoms with Crippen molar-refractivity contribution in [1.29, 1.82) is 0 Å². The van der Waals surface area contributed by atoms with Gasteiger partial charge in [-0.05, 0) is 34.6 Å². The molecule has 0 aromatic carbocycles. The molecule has 7 nitrogen and oxygen atoms in total. The van der Waals surface area contributed by atoms with Crippen molar-refractivity contribution in [2.24, 2.45) is 0 Å². The number of rotatable bonds is 7. The van der Waals surface area contributed by atoms with E-state index in [1.165, 1.54) is 0 Å². The zero-order valence-electron chi connectivity index (χ0n) is 15.9. The van der Waals surface area contributed by atoms with Crippen LogP contribution in [-0.4, -0.2) is 50.0 Å². The Morgan fingerprint density at radius 1 is 1.25 bits per heavy atom. The summed E-state index contributed by atoms with van der Waals surface area (Å²) in [6.45, 7) is 10.6. The van der Waals surface area contributed by atoms with Crippen molar-refractivity contribution >= 4 is 22.6 Å². The first-order chi connectivity index (χ1) is 10.9. The summed E-state index contributed by atoms with van der Waals surface area (Å²) in [5.74, 6) is 0.633. The summed E-state index contributed by atoms with van der Waals surface area (Å²) in [6, 6.07) is 0. The number of aromatic nitrogens is 1. The molecule has 1 amide bonds. The lowest BCUT2D eigenvalue weighted by molar-refractivity contribution is 0.0472. The minimum absolute atomic E-state index is 0.417. The quantitative estimate of drug-likeness (QED) is 0.780. The van der Waals surface area contributed by atoms with E-state index in [0.29, 0.717) is 19.0 Å². The second-order valence-electron chi connectivity index (χ2n) is 7.44. The normalized spacial score (nSPS) is 12.0. The van der Waals surface area contributed by atoms with Gasteiger partial charge in [-0.25, -0.2) is 4.79 Å². The van der Waals surface area contributed by atoms with Crippen LogP contribution in [0.1, 0.15) is 39.5 Å². The molecule has 1 rings (SSSR count). The van der Waals surface area contributed by atoms with Gasteiger partial charge in [0.05, 0.1) is 17.5 Å². The van der Waals surface area contributed by atoms with Gasteiger partial charge in [0.15, 0.2) is 5.13 Å². The van der Waals surface area contributed by atoms with E-state index in [0.717, 1.165) is 10.0 Å². The highest BCUT2D eigenvalue weighted by Crippen LogP contribution is 2.30. The van der Waals surface area contributed by atoms with E-state index < -0.39 is 17.2 Å². The van der Waals surface area contributed by atoms with E-state index in [9.17, 15) is 4.79 Å². The molecule has 2 N–H and O–H groups in total. The number of anilines is 1. The van der Waals surface area contributed by atoms with Gasteiger partial charge in [-0.15, -0.1) is 0 Å². The number of nitrogens with zero attached hydrogens (tertiary/aromatic N) is 2. The van der Waals surface area contributed by atoms with Crippen LogP contribution < -0.4 is 20.3 Å². The average molecular weight is 359 g/mol. The number of methoxy groups -OCH3 is 1. The standard InChI is InChI=1S/C16H30N4O3S/c1-15(2,3)23-14(21)19-16(4,5)10-17-9-11-12(22-8)18-13(24-11)20(6)7/h17H,9-10H2,1-8H3,(H,19,21). The Labute approximate surface area is 148 Å². The van der Waals surface area contributed by atoms with Gasteiger partial charge in [0.2, 0.25) is 5.88 Å². The zero-order chi connectivity index (χ0) is 18.5. The largest absolute Gasteiger partial charge is 0.480 e. The second kappa shape index (κ2) is 8.02. The van der Waals surface area contributed by atoms with Crippen LogP contribution in [0.25, 0.3) is 0 Å². The van der Waals surface area contributed by atoms with Crippen LogP contribution in [0.5, 0.6) is 5.88 Å². The van der Waals surface area contributed by atoms with Gasteiger partial charge in [-0.3, -0.25) is 0 Å². The number of ether oxygens (including phenoxy) is 2. The smallest absolute Gasteiger partial charge is 0.408 e. The van der Waals surface area contributed by atoms with Gasteiger partial charge < -0.3 is 25.0 Å². The molecule has 1 aromatic heterocycles. The number of carbonyl (C=O) groups is 1. The number of hydrogen-bond acceptors (Lipinski definition) is 7. The summed E-state index contributed by atoms with van der Waals surface area (Å²) in [6.07, 6.45) is -0.417. The molecule has 1 aromatic rings. The first-order valence-electron chi connectivity index (χ1n) is 7.86. The highest BCUT2D eigenvalue weighted by atomic mass is 32.1. The number of amides is 1. The van der Waals surface area contributed by atoms with Gasteiger partial charge in [0.25, 0.3) is 0 Å². The van der Waals surface area contributed by atoms with Crippen LogP contribution in [-0.2, 0) is 11.3 Å². The molecule has 0 saturated carbocycles. The summed E-state index contributed by atoms with van der Waals surface area (Å²) in [5, 5.41) is 7.11. The predicted octanol–water partition coefficient (Wildman–Crippen LogP) is 2.61. The van der Waals surface area contributed by atoms with Crippen molar-refractivity contribution in [2.45, 2.75) is 52.3 Å². The van der Waals surface area contributed by atoms with Crippen LogP contribution in [0, 0.1) is 0 Å². The van der Waals surface area contributed by atoms with Crippen LogP contribution >= 0.6 is 11.3 Å². The molecule has 0 aliphatic heterocycles. The lowest BCUT2D eigenvalue weighted by Gasteiger charge is -2.28. The maximum absolute atomic E-state index is 11.9. The summed E-state index contributed by atoms with van der Waals surface area (Å²) in [7, 11) is 5.51. The van der Waals surface area contributed by atoms with E-state index in [2.05, 4.69) is 15.6 Å². The van der Waals surface area contributed by atoms with Crippen molar-refractivity contribution in [3.8, 4) is 5.88 Å². The molecule has 0 bridgehead atoms. The molecular weight excluding hydrogens is 328 g/mol. The lowest BCUT2D eigenvalue weighted by Crippen LogP contribution is -2.51. The number of alkyl carbamates (subject to hydrolysis) is 1. The molecule has 24 heavy (non-hydrogen) atoms. The fourth-order valence-corrected chi connectivity index (χ4v) is 2.82. The van der Waals surface area contributed by atoms with Crippen molar-refractivity contribution in [3.05, 3.63) is 4.88 Å². The molecule has 0 spiro atoms. The minimum Gasteiger partial charge on any atom is -0.480 e. The molecule has 0 fully saturated rings. The summed E-state index contributed by atoms with van der Waals surface area (Å²) >= 11 is 1.58. The molecule has 1 heterocycles. The lowest BCUT2D eigenvalue weighted by atomic mass is 10.1. The highest BCUT2D eigenvalue weighted by Gasteiger charge is 2.24. The van der Waals surface area contributed by atoms with Crippen molar-refractivity contribution in [2.75, 3.05) is 32.6 Å². The number of nitrogens with one attached hydrogen (secondary N) is 2. The monoisotopic (exact) mass is 358 g/mol. The van der Waals surface area contributed by atoms with Crippen LogP contribution in [0.2, 0.25) is 0 Å². The van der Waals surface area contributed by atoms with E-state index in [-0.39, 0.29) is 0 Å². The Morgan fingerprint density at radius 3 is 2.38 bits per heavy atom. The summed E-state index contributed by atoms with van der Waals surface area (Å²) < 4.78 is 10.6. The van der Waals surface area contributed by atoms with Crippen LogP contribution in [0.15, 0.2) is 0 Å². The maximum atomic E-state index is 11.9. The predicted molar refractivity (Wildman–Crippen MR) is 98.1 cm³/mol. The Kier molecular flexibility index (Phi) is 6.86. The topological polar surface area (TPSA) is 75.7 Å². The third kappa shape index (κ3) is 6.92. The molecule has 138 valence electrons. The van der Waals surface area contributed by atoms with Gasteiger partial charge in [0, 0.05) is 27.2 Å². The molecule has 0 radical (unpaired) electrons. The zero-order valence-corrected chi connectivity index (χ0v) is 16.8. The Bertz CT molecular complexity index is 550. The van der Waals surface area contributed by atoms with E-state index in [4.69, 9.17) is 9.47 Å². The van der Waals surface area contributed by atoms with Crippen LogP contribution in [0.3, 0.4) is 0 Å². The van der Waals surface area contributed by atoms with Crippen molar-refractivity contribution in [1.82, 2.24) is 15.6 Å². The molecule has 0 saturated heterocycles. The van der Waals surface area contributed by atoms with Gasteiger partial charge in [0.1, 0.15) is 5.60 Å². The molecule has 0 aliphatic rings. The van der Waals surface area contributed by atoms with E-state index in [1.807, 2.05) is 53.6 Å². The maximum Gasteiger partial charge on any atom is 0.408 e. The SMILES string of the molecule is COc1nc(N(C)C)sc1CNCC(C)(C)NC(=O)OC(C)(C)C. The summed E-state index contributed by atoms with van der Waals surface area (Å²) in [4.78, 5) is 19.3. The minimum atomic E-state index is -0.508. The fourth-order valence-electron chi connectivity index (χ4n) is 1.90. The fraction of sp³-hybridized carbons (Fsp3) is 0.750. The number of hydrogen-bond donors (Lipinski definition) is 2. The van der Waals surface area contributed by atoms with Crippen molar-refractivity contribution in [3.63, 3.8) is 0 Å². The third-order valence-corrected chi connectivity index (χ3v) is 4.12. The molecule has 0 aliphatic carbocycles. The van der Waals surface area contributed by atoms with Gasteiger partial charge in [-0.2, -0.15) is 4.98 Å². The number of thiazole rings is 1. The Morgan fingerprint density at radius 2 is 1.88 bits per heavy atom. The van der Waals surface area contributed by atoms with E-state index in [1.54, 1.807) is 18.4 Å². The Hall–Kier alpha value is -1.54. The summed E-state index contributed by atoms with van der Waals surface area (Å²) in [5.41, 5.74) is -0.948. The third-order valence-electron chi connectivity index (χ3n) is 2.92. The average Bonchev–Trinajstić information content (AvgIpc) is 2.78.